The van der Waals surface area contributed by atoms with E-state index >= 15 is 0 Å². The molecule has 1 amide bonds. The number of rotatable bonds is 5. The second kappa shape index (κ2) is 8.04. The van der Waals surface area contributed by atoms with Gasteiger partial charge in [0.25, 0.3) is 5.56 Å². The van der Waals surface area contributed by atoms with Crippen LogP contribution in [-0.4, -0.2) is 24.9 Å². The Bertz CT molecular complexity index is 1090. The lowest BCUT2D eigenvalue weighted by molar-refractivity contribution is 0.215. The van der Waals surface area contributed by atoms with E-state index in [2.05, 4.69) is 5.32 Å². The van der Waals surface area contributed by atoms with Crippen LogP contribution in [0.1, 0.15) is 12.5 Å². The molecule has 0 saturated heterocycles. The van der Waals surface area contributed by atoms with E-state index in [0.717, 1.165) is 5.56 Å². The number of hydrogen-bond acceptors (Lipinski definition) is 5. The molecule has 0 bridgehead atoms. The Morgan fingerprint density at radius 3 is 2.29 bits per heavy atom. The quantitative estimate of drug-likeness (QED) is 0.723. The number of methoxy groups -OCH3 is 2. The molecule has 3 aromatic rings. The summed E-state index contributed by atoms with van der Waals surface area (Å²) in [7, 11) is 3.00. The van der Waals surface area contributed by atoms with Gasteiger partial charge in [-0.05, 0) is 37.6 Å². The van der Waals surface area contributed by atoms with Gasteiger partial charge in [0.05, 0.1) is 25.8 Å². The molecular weight excluding hydrogens is 360 g/mol. The monoisotopic (exact) mass is 382 g/mol. The average Bonchev–Trinajstić information content (AvgIpc) is 2.70. The summed E-state index contributed by atoms with van der Waals surface area (Å²) in [5.74, 6) is 1.12. The average molecular weight is 382 g/mol. The zero-order valence-corrected chi connectivity index (χ0v) is 16.2. The fraction of sp³-hybridized carbons (Fsp3) is 0.238. The fourth-order valence-corrected chi connectivity index (χ4v) is 2.95. The van der Waals surface area contributed by atoms with E-state index in [4.69, 9.17) is 14.2 Å². The summed E-state index contributed by atoms with van der Waals surface area (Å²) in [5, 5.41) is 3.56. The van der Waals surface area contributed by atoms with Crippen LogP contribution in [0.15, 0.2) is 47.4 Å². The Kier molecular flexibility index (Phi) is 5.54. The molecule has 0 atom stereocenters. The van der Waals surface area contributed by atoms with Gasteiger partial charge in [-0.1, -0.05) is 18.2 Å². The first-order valence-electron chi connectivity index (χ1n) is 8.82. The van der Waals surface area contributed by atoms with Gasteiger partial charge in [0.1, 0.15) is 0 Å². The first kappa shape index (κ1) is 19.3. The van der Waals surface area contributed by atoms with Crippen molar-refractivity contribution in [3.8, 4) is 17.2 Å². The SMILES string of the molecule is CCn1cc(OC(=O)Nc2ccccc2C)c2cc(OC)c(OC)cc2c1=O. The Morgan fingerprint density at radius 2 is 1.68 bits per heavy atom. The van der Waals surface area contributed by atoms with E-state index in [9.17, 15) is 9.59 Å². The predicted molar refractivity (Wildman–Crippen MR) is 108 cm³/mol. The highest BCUT2D eigenvalue weighted by Gasteiger charge is 2.17. The summed E-state index contributed by atoms with van der Waals surface area (Å²) in [6.45, 7) is 4.16. The summed E-state index contributed by atoms with van der Waals surface area (Å²) in [6.07, 6.45) is 0.875. The molecule has 0 aliphatic carbocycles. The van der Waals surface area contributed by atoms with Crippen LogP contribution in [0, 0.1) is 6.92 Å². The third kappa shape index (κ3) is 3.64. The fourth-order valence-electron chi connectivity index (χ4n) is 2.95. The molecule has 1 heterocycles. The first-order valence-corrected chi connectivity index (χ1v) is 8.82. The molecule has 146 valence electrons. The van der Waals surface area contributed by atoms with E-state index in [0.29, 0.717) is 34.5 Å². The number of aromatic nitrogens is 1. The van der Waals surface area contributed by atoms with Crippen molar-refractivity contribution in [2.24, 2.45) is 0 Å². The van der Waals surface area contributed by atoms with E-state index in [1.54, 1.807) is 18.2 Å². The smallest absolute Gasteiger partial charge is 0.417 e. The number of nitrogens with one attached hydrogen (secondary N) is 1. The molecule has 0 fully saturated rings. The first-order chi connectivity index (χ1) is 13.5. The summed E-state index contributed by atoms with van der Waals surface area (Å²) < 4.78 is 17.6. The van der Waals surface area contributed by atoms with Crippen molar-refractivity contribution in [3.63, 3.8) is 0 Å². The van der Waals surface area contributed by atoms with E-state index in [-0.39, 0.29) is 11.3 Å². The van der Waals surface area contributed by atoms with E-state index in [1.165, 1.54) is 25.0 Å². The molecule has 1 aromatic heterocycles. The van der Waals surface area contributed by atoms with Gasteiger partial charge in [0.15, 0.2) is 17.2 Å². The normalized spacial score (nSPS) is 10.6. The highest BCUT2D eigenvalue weighted by atomic mass is 16.6. The van der Waals surface area contributed by atoms with Crippen LogP contribution in [0.2, 0.25) is 0 Å². The van der Waals surface area contributed by atoms with Gasteiger partial charge in [0.2, 0.25) is 0 Å². The van der Waals surface area contributed by atoms with Crippen molar-refractivity contribution in [2.45, 2.75) is 20.4 Å². The number of nitrogens with zero attached hydrogens (tertiary/aromatic N) is 1. The topological polar surface area (TPSA) is 78.8 Å². The van der Waals surface area contributed by atoms with Crippen molar-refractivity contribution < 1.29 is 19.0 Å². The molecule has 28 heavy (non-hydrogen) atoms. The maximum absolute atomic E-state index is 12.7. The van der Waals surface area contributed by atoms with Gasteiger partial charge in [-0.2, -0.15) is 0 Å². The second-order valence-electron chi connectivity index (χ2n) is 6.17. The van der Waals surface area contributed by atoms with Crippen molar-refractivity contribution in [3.05, 3.63) is 58.5 Å². The number of aryl methyl sites for hydroxylation is 2. The van der Waals surface area contributed by atoms with Crippen LogP contribution in [0.4, 0.5) is 10.5 Å². The van der Waals surface area contributed by atoms with E-state index in [1.807, 2.05) is 32.0 Å². The number of amides is 1. The lowest BCUT2D eigenvalue weighted by Crippen LogP contribution is -2.22. The summed E-state index contributed by atoms with van der Waals surface area (Å²) in [4.78, 5) is 25.2. The standard InChI is InChI=1S/C21H22N2O5/c1-5-23-12-19(28-21(25)22-16-9-7-6-8-13(16)2)14-10-17(26-3)18(27-4)11-15(14)20(23)24/h6-12H,5H2,1-4H3,(H,22,25). The minimum Gasteiger partial charge on any atom is -0.493 e. The van der Waals surface area contributed by atoms with Gasteiger partial charge in [0, 0.05) is 17.6 Å². The maximum Gasteiger partial charge on any atom is 0.417 e. The van der Waals surface area contributed by atoms with Crippen LogP contribution in [0.25, 0.3) is 10.8 Å². The minimum atomic E-state index is -0.647. The molecule has 7 nitrogen and oxygen atoms in total. The van der Waals surface area contributed by atoms with E-state index < -0.39 is 6.09 Å². The molecule has 2 aromatic carbocycles. The minimum absolute atomic E-state index is 0.204. The maximum atomic E-state index is 12.7. The Balaban J connectivity index is 2.06. The molecule has 0 aliphatic heterocycles. The number of carbonyl (C=O) groups excluding carboxylic acids is 1. The highest BCUT2D eigenvalue weighted by Crippen LogP contribution is 2.35. The van der Waals surface area contributed by atoms with Gasteiger partial charge in [-0.15, -0.1) is 0 Å². The number of pyridine rings is 1. The zero-order valence-electron chi connectivity index (χ0n) is 16.2. The number of ether oxygens (including phenoxy) is 3. The van der Waals surface area contributed by atoms with Gasteiger partial charge in [-0.3, -0.25) is 10.1 Å². The van der Waals surface area contributed by atoms with Crippen molar-refractivity contribution in [1.82, 2.24) is 4.57 Å². The second-order valence-corrected chi connectivity index (χ2v) is 6.17. The Morgan fingerprint density at radius 1 is 1.04 bits per heavy atom. The number of fused-ring (bicyclic) bond motifs is 1. The zero-order chi connectivity index (χ0) is 20.3. The molecule has 0 aliphatic rings. The van der Waals surface area contributed by atoms with Crippen molar-refractivity contribution in [1.29, 1.82) is 0 Å². The number of para-hydroxylation sites is 1. The van der Waals surface area contributed by atoms with Gasteiger partial charge in [-0.25, -0.2) is 4.79 Å². The Labute approximate surface area is 162 Å². The third-order valence-electron chi connectivity index (χ3n) is 4.48. The highest BCUT2D eigenvalue weighted by molar-refractivity contribution is 5.94. The molecule has 0 saturated carbocycles. The summed E-state index contributed by atoms with van der Waals surface area (Å²) in [5.41, 5.74) is 1.36. The number of anilines is 1. The third-order valence-corrected chi connectivity index (χ3v) is 4.48. The summed E-state index contributed by atoms with van der Waals surface area (Å²) >= 11 is 0. The molecular formula is C21H22N2O5. The lowest BCUT2D eigenvalue weighted by Gasteiger charge is -2.15. The van der Waals surface area contributed by atoms with Crippen LogP contribution in [0.3, 0.4) is 0 Å². The number of benzene rings is 2. The molecule has 0 spiro atoms. The largest absolute Gasteiger partial charge is 0.493 e. The van der Waals surface area contributed by atoms with Crippen molar-refractivity contribution >= 4 is 22.6 Å². The molecule has 0 radical (unpaired) electrons. The molecule has 1 N–H and O–H groups in total. The van der Waals surface area contributed by atoms with Crippen molar-refractivity contribution in [2.75, 3.05) is 19.5 Å². The van der Waals surface area contributed by atoms with Crippen LogP contribution >= 0.6 is 0 Å². The number of carbonyl (C=O) groups is 1. The van der Waals surface area contributed by atoms with Crippen LogP contribution < -0.4 is 25.1 Å². The van der Waals surface area contributed by atoms with Gasteiger partial charge >= 0.3 is 6.09 Å². The van der Waals surface area contributed by atoms with Gasteiger partial charge < -0.3 is 18.8 Å². The molecule has 0 unspecified atom stereocenters. The van der Waals surface area contributed by atoms with Crippen LogP contribution in [0.5, 0.6) is 17.2 Å². The predicted octanol–water partition coefficient (Wildman–Crippen LogP) is 3.96. The Hall–Kier alpha value is -3.48. The number of hydrogen-bond donors (Lipinski definition) is 1. The van der Waals surface area contributed by atoms with Crippen LogP contribution in [-0.2, 0) is 6.54 Å². The molecule has 7 heteroatoms. The molecule has 3 rings (SSSR count). The summed E-state index contributed by atoms with van der Waals surface area (Å²) in [6, 6.07) is 10.6. The lowest BCUT2D eigenvalue weighted by atomic mass is 10.1.